The second-order valence-electron chi connectivity index (χ2n) is 19.3. The van der Waals surface area contributed by atoms with Crippen molar-refractivity contribution in [3.63, 3.8) is 0 Å². The number of nitrogens with one attached hydrogen (secondary N) is 2. The Hall–Kier alpha value is -9.12. The van der Waals surface area contributed by atoms with Crippen LogP contribution in [0.5, 0.6) is 11.8 Å². The van der Waals surface area contributed by atoms with E-state index in [0.29, 0.717) is 76.7 Å². The first kappa shape index (κ1) is 51.8. The van der Waals surface area contributed by atoms with Gasteiger partial charge in [-0.3, -0.25) is 10.1 Å². The highest BCUT2D eigenvalue weighted by atomic mass is 16.6. The molecule has 10 rings (SSSR count). The lowest BCUT2D eigenvalue weighted by Gasteiger charge is -2.23. The summed E-state index contributed by atoms with van der Waals surface area (Å²) in [5.74, 6) is 1.85. The van der Waals surface area contributed by atoms with Gasteiger partial charge >= 0.3 is 5.69 Å². The summed E-state index contributed by atoms with van der Waals surface area (Å²) in [5, 5.41) is 39.9. The van der Waals surface area contributed by atoms with Crippen LogP contribution in [-0.4, -0.2) is 136 Å². The van der Waals surface area contributed by atoms with Gasteiger partial charge in [-0.2, -0.15) is 20.5 Å². The van der Waals surface area contributed by atoms with Crippen LogP contribution in [-0.2, 0) is 0 Å². The van der Waals surface area contributed by atoms with E-state index in [1.807, 2.05) is 81.6 Å². The number of pyridine rings is 2. The Morgan fingerprint density at radius 2 is 1.11 bits per heavy atom. The SMILES string of the molecule is COc1nc(N(C)CCN(C)C)c(N)cc1Nc1ncc(C#N)c(-c2cn(C3CC3)c3ccccc23)n1.COc1nc(N(C)CCN(C)C)c([N+](=O)[O-])cc1Nc1ncc(C#N)c(-c2cn(C3CC3)c3ccccc23)n1. The van der Waals surface area contributed by atoms with Crippen molar-refractivity contribution < 1.29 is 14.4 Å². The third-order valence-electron chi connectivity index (χ3n) is 13.2. The molecular formula is C54H60N18O4. The highest BCUT2D eigenvalue weighted by Crippen LogP contribution is 2.44. The predicted molar refractivity (Wildman–Crippen MR) is 295 cm³/mol. The Labute approximate surface area is 440 Å². The van der Waals surface area contributed by atoms with E-state index in [-0.39, 0.29) is 29.0 Å². The van der Waals surface area contributed by atoms with Gasteiger partial charge in [0.15, 0.2) is 5.82 Å². The summed E-state index contributed by atoms with van der Waals surface area (Å²) < 4.78 is 15.6. The first-order valence-corrected chi connectivity index (χ1v) is 24.8. The number of nitrogens with zero attached hydrogens (tertiary/aromatic N) is 15. The third-order valence-corrected chi connectivity index (χ3v) is 13.2. The smallest absolute Gasteiger partial charge is 0.313 e. The number of likely N-dealkylation sites (N-methyl/N-ethyl adjacent to an activating group) is 4. The summed E-state index contributed by atoms with van der Waals surface area (Å²) in [7, 11) is 14.6. The van der Waals surface area contributed by atoms with E-state index in [0.717, 1.165) is 71.7 Å². The van der Waals surface area contributed by atoms with Crippen molar-refractivity contribution in [3.8, 4) is 46.4 Å². The van der Waals surface area contributed by atoms with E-state index in [2.05, 4.69) is 86.1 Å². The summed E-state index contributed by atoms with van der Waals surface area (Å²) in [6.07, 6.45) is 11.7. The van der Waals surface area contributed by atoms with Crippen LogP contribution < -0.4 is 35.6 Å². The number of benzene rings is 2. The minimum atomic E-state index is -0.475. The Balaban J connectivity index is 0.000000186. The normalized spacial score (nSPS) is 13.0. The molecule has 0 bridgehead atoms. The summed E-state index contributed by atoms with van der Waals surface area (Å²) in [6, 6.07) is 24.8. The van der Waals surface area contributed by atoms with Crippen LogP contribution in [0, 0.1) is 32.8 Å². The second kappa shape index (κ2) is 22.2. The molecule has 2 fully saturated rings. The first-order valence-electron chi connectivity index (χ1n) is 24.8. The number of para-hydroxylation sites is 2. The van der Waals surface area contributed by atoms with Crippen molar-refractivity contribution in [1.82, 2.24) is 48.8 Å². The third kappa shape index (κ3) is 11.0. The number of fused-ring (bicyclic) bond motifs is 2. The molecule has 390 valence electrons. The van der Waals surface area contributed by atoms with Gasteiger partial charge in [0, 0.05) is 104 Å². The Morgan fingerprint density at radius 3 is 1.53 bits per heavy atom. The van der Waals surface area contributed by atoms with E-state index in [1.165, 1.54) is 19.4 Å². The molecule has 2 aliphatic carbocycles. The molecule has 2 aromatic carbocycles. The molecule has 8 aromatic rings. The molecule has 4 N–H and O–H groups in total. The number of rotatable bonds is 19. The number of nitriles is 2. The van der Waals surface area contributed by atoms with Crippen LogP contribution in [0.2, 0.25) is 0 Å². The zero-order valence-electron chi connectivity index (χ0n) is 43.8. The van der Waals surface area contributed by atoms with Gasteiger partial charge in [-0.1, -0.05) is 36.4 Å². The fourth-order valence-electron chi connectivity index (χ4n) is 8.90. The number of anilines is 7. The number of hydrogen-bond donors (Lipinski definition) is 3. The Morgan fingerprint density at radius 1 is 0.671 bits per heavy atom. The van der Waals surface area contributed by atoms with E-state index >= 15 is 0 Å². The van der Waals surface area contributed by atoms with Gasteiger partial charge in [0.2, 0.25) is 29.5 Å². The average molecular weight is 1030 g/mol. The average Bonchev–Trinajstić information content (AvgIpc) is 4.42. The van der Waals surface area contributed by atoms with Gasteiger partial charge in [-0.05, 0) is 72.1 Å². The monoisotopic (exact) mass is 1020 g/mol. The lowest BCUT2D eigenvalue weighted by atomic mass is 10.1. The van der Waals surface area contributed by atoms with Crippen molar-refractivity contribution >= 4 is 68.1 Å². The van der Waals surface area contributed by atoms with Gasteiger partial charge in [-0.25, -0.2) is 19.9 Å². The number of nitrogen functional groups attached to an aromatic ring is 1. The lowest BCUT2D eigenvalue weighted by Crippen LogP contribution is -2.29. The van der Waals surface area contributed by atoms with E-state index in [1.54, 1.807) is 31.3 Å². The molecule has 0 aliphatic heterocycles. The molecule has 76 heavy (non-hydrogen) atoms. The first-order chi connectivity index (χ1) is 36.7. The summed E-state index contributed by atoms with van der Waals surface area (Å²) in [5.41, 5.74) is 13.2. The maximum absolute atomic E-state index is 12.0. The standard InChI is InChI=1S/C27H29N9O3.C27H31N9O/c1-33(2)11-12-34(3)25-23(36(37)38)13-21(26(32-25)39-4)30-27-29-15-17(14-28)24(31-27)20-16-35(18-9-10-18)22-8-6-5-7-19(20)22;1-34(2)11-12-35(3)25-21(29)13-22(26(33-25)37-4)31-27-30-15-17(14-28)24(32-27)20-16-36(18-9-10-18)23-8-6-5-7-19(20)23/h5-8,13,15-16,18H,9-12H2,1-4H3,(H,29,30,31);5-8,13,15-16,18H,9-12,29H2,1-4H3,(H,30,31,32). The molecule has 22 nitrogen and oxygen atoms in total. The van der Waals surface area contributed by atoms with Crippen molar-refractivity contribution in [2.75, 3.05) is 109 Å². The van der Waals surface area contributed by atoms with E-state index < -0.39 is 4.92 Å². The van der Waals surface area contributed by atoms with E-state index in [4.69, 9.17) is 20.2 Å². The molecule has 22 heteroatoms. The van der Waals surface area contributed by atoms with Crippen molar-refractivity contribution in [3.05, 3.63) is 107 Å². The van der Waals surface area contributed by atoms with Crippen molar-refractivity contribution in [2.24, 2.45) is 0 Å². The minimum Gasteiger partial charge on any atom is -0.479 e. The number of hydrogen-bond acceptors (Lipinski definition) is 19. The van der Waals surface area contributed by atoms with Crippen LogP contribution in [0.25, 0.3) is 44.3 Å². The molecule has 0 saturated heterocycles. The predicted octanol–water partition coefficient (Wildman–Crippen LogP) is 8.39. The molecule has 6 aromatic heterocycles. The maximum Gasteiger partial charge on any atom is 0.313 e. The molecule has 6 heterocycles. The van der Waals surface area contributed by atoms with Crippen LogP contribution in [0.4, 0.5) is 46.3 Å². The van der Waals surface area contributed by atoms with Crippen molar-refractivity contribution in [2.45, 2.75) is 37.8 Å². The number of methoxy groups -OCH3 is 2. The van der Waals surface area contributed by atoms with Gasteiger partial charge in [0.1, 0.15) is 23.5 Å². The van der Waals surface area contributed by atoms with Crippen LogP contribution in [0.15, 0.2) is 85.5 Å². The molecule has 2 saturated carbocycles. The number of ether oxygens (including phenoxy) is 2. The van der Waals surface area contributed by atoms with Gasteiger partial charge in [-0.15, -0.1) is 0 Å². The molecular weight excluding hydrogens is 965 g/mol. The van der Waals surface area contributed by atoms with Gasteiger partial charge < -0.3 is 54.6 Å². The number of nitro groups is 1. The second-order valence-corrected chi connectivity index (χ2v) is 19.3. The summed E-state index contributed by atoms with van der Waals surface area (Å²) in [4.78, 5) is 46.5. The van der Waals surface area contributed by atoms with Gasteiger partial charge in [0.25, 0.3) is 0 Å². The summed E-state index contributed by atoms with van der Waals surface area (Å²) >= 11 is 0. The molecule has 0 atom stereocenters. The van der Waals surface area contributed by atoms with Crippen LogP contribution >= 0.6 is 0 Å². The quantitative estimate of drug-likeness (QED) is 0.0507. The molecule has 2 aliphatic rings. The zero-order chi connectivity index (χ0) is 53.8. The van der Waals surface area contributed by atoms with Gasteiger partial charge in [0.05, 0.1) is 59.7 Å². The highest BCUT2D eigenvalue weighted by molar-refractivity contribution is 5.98. The topological polar surface area (TPSA) is 259 Å². The van der Waals surface area contributed by atoms with Crippen molar-refractivity contribution in [1.29, 1.82) is 10.5 Å². The fourth-order valence-corrected chi connectivity index (χ4v) is 8.90. The lowest BCUT2D eigenvalue weighted by molar-refractivity contribution is -0.384. The van der Waals surface area contributed by atoms with Crippen LogP contribution in [0.3, 0.4) is 0 Å². The zero-order valence-corrected chi connectivity index (χ0v) is 43.8. The maximum atomic E-state index is 12.0. The Bertz CT molecular complexity index is 3530. The Kier molecular flexibility index (Phi) is 15.1. The molecule has 0 unspecified atom stereocenters. The fraction of sp³-hybridized carbons (Fsp3) is 0.333. The molecule has 0 amide bonds. The molecule has 0 radical (unpaired) electrons. The minimum absolute atomic E-state index is 0.159. The highest BCUT2D eigenvalue weighted by Gasteiger charge is 2.30. The number of nitrogens with two attached hydrogens (primary N) is 1. The van der Waals surface area contributed by atoms with E-state index in [9.17, 15) is 20.6 Å². The van der Waals surface area contributed by atoms with Crippen LogP contribution in [0.1, 0.15) is 48.9 Å². The largest absolute Gasteiger partial charge is 0.479 e. The summed E-state index contributed by atoms with van der Waals surface area (Å²) in [6.45, 7) is 2.85. The number of aromatic nitrogens is 8. The molecule has 0 spiro atoms.